The van der Waals surface area contributed by atoms with Gasteiger partial charge in [-0.15, -0.1) is 5.10 Å². The lowest BCUT2D eigenvalue weighted by Gasteiger charge is -2.05. The summed E-state index contributed by atoms with van der Waals surface area (Å²) in [5.74, 6) is 0.747. The molecule has 0 fully saturated rings. The van der Waals surface area contributed by atoms with Crippen molar-refractivity contribution >= 4 is 29.3 Å². The third kappa shape index (κ3) is 5.10. The van der Waals surface area contributed by atoms with Crippen molar-refractivity contribution in [3.8, 4) is 0 Å². The first-order valence-electron chi connectivity index (χ1n) is 7.28. The quantitative estimate of drug-likeness (QED) is 0.672. The molecule has 0 atom stereocenters. The van der Waals surface area contributed by atoms with Crippen LogP contribution in [-0.2, 0) is 11.2 Å². The molecule has 0 unspecified atom stereocenters. The van der Waals surface area contributed by atoms with Crippen LogP contribution in [0.1, 0.15) is 29.5 Å². The molecule has 1 heterocycles. The maximum absolute atomic E-state index is 11.9. The summed E-state index contributed by atoms with van der Waals surface area (Å²) in [6.07, 6.45) is 1.84. The molecular formula is C15H19N5O2S. The molecule has 2 amide bonds. The molecule has 8 heteroatoms. The summed E-state index contributed by atoms with van der Waals surface area (Å²) in [5.41, 5.74) is 1.19. The first-order chi connectivity index (χ1) is 11.1. The molecule has 1 aromatic carbocycles. The molecule has 0 radical (unpaired) electrons. The van der Waals surface area contributed by atoms with Gasteiger partial charge in [0.25, 0.3) is 5.91 Å². The smallest absolute Gasteiger partial charge is 0.251 e. The minimum Gasteiger partial charge on any atom is -0.355 e. The highest BCUT2D eigenvalue weighted by Gasteiger charge is 2.08. The molecule has 0 saturated heterocycles. The zero-order valence-electron chi connectivity index (χ0n) is 13.0. The van der Waals surface area contributed by atoms with Gasteiger partial charge in [-0.1, -0.05) is 18.7 Å². The van der Waals surface area contributed by atoms with Crippen LogP contribution in [0.5, 0.6) is 0 Å². The monoisotopic (exact) mass is 333 g/mol. The average Bonchev–Trinajstić information content (AvgIpc) is 3.01. The van der Waals surface area contributed by atoms with Crippen LogP contribution in [0.2, 0.25) is 0 Å². The number of anilines is 1. The van der Waals surface area contributed by atoms with Crippen molar-refractivity contribution in [2.45, 2.75) is 24.9 Å². The zero-order valence-corrected chi connectivity index (χ0v) is 13.9. The molecule has 2 rings (SSSR count). The number of carbonyl (C=O) groups is 2. The first kappa shape index (κ1) is 17.0. The van der Waals surface area contributed by atoms with E-state index in [0.717, 1.165) is 18.7 Å². The molecular weight excluding hydrogens is 314 g/mol. The first-order valence-corrected chi connectivity index (χ1v) is 8.27. The summed E-state index contributed by atoms with van der Waals surface area (Å²) in [6, 6.07) is 6.71. The number of nitrogens with one attached hydrogen (secondary N) is 3. The Morgan fingerprint density at radius 3 is 2.65 bits per heavy atom. The minimum absolute atomic E-state index is 0.149. The molecule has 122 valence electrons. The van der Waals surface area contributed by atoms with Crippen LogP contribution in [0.15, 0.2) is 29.4 Å². The van der Waals surface area contributed by atoms with Crippen molar-refractivity contribution < 1.29 is 9.59 Å². The Morgan fingerprint density at radius 1 is 1.26 bits per heavy atom. The Balaban J connectivity index is 1.83. The van der Waals surface area contributed by atoms with E-state index >= 15 is 0 Å². The van der Waals surface area contributed by atoms with Crippen molar-refractivity contribution in [2.24, 2.45) is 0 Å². The maximum atomic E-state index is 11.9. The van der Waals surface area contributed by atoms with Crippen LogP contribution in [0.3, 0.4) is 0 Å². The number of hydrogen-bond donors (Lipinski definition) is 3. The van der Waals surface area contributed by atoms with Gasteiger partial charge in [-0.2, -0.15) is 0 Å². The number of benzene rings is 1. The van der Waals surface area contributed by atoms with Gasteiger partial charge in [0, 0.05) is 24.7 Å². The molecule has 1 aromatic heterocycles. The van der Waals surface area contributed by atoms with E-state index in [-0.39, 0.29) is 17.6 Å². The minimum atomic E-state index is -0.161. The Hall–Kier alpha value is -2.35. The molecule has 23 heavy (non-hydrogen) atoms. The van der Waals surface area contributed by atoms with E-state index in [9.17, 15) is 9.59 Å². The zero-order chi connectivity index (χ0) is 16.7. The third-order valence-corrected chi connectivity index (χ3v) is 3.84. The van der Waals surface area contributed by atoms with Crippen molar-refractivity contribution in [3.05, 3.63) is 35.7 Å². The van der Waals surface area contributed by atoms with E-state index < -0.39 is 0 Å². The van der Waals surface area contributed by atoms with Crippen LogP contribution in [0, 0.1) is 0 Å². The highest BCUT2D eigenvalue weighted by atomic mass is 32.2. The number of aromatic amines is 1. The molecule has 7 nitrogen and oxygen atoms in total. The second-order valence-electron chi connectivity index (χ2n) is 4.81. The Bertz CT molecular complexity index is 669. The lowest BCUT2D eigenvalue weighted by Crippen LogP contribution is -2.18. The molecule has 2 aromatic rings. The van der Waals surface area contributed by atoms with E-state index in [1.54, 1.807) is 31.3 Å². The van der Waals surface area contributed by atoms with Crippen LogP contribution < -0.4 is 10.6 Å². The second kappa shape index (κ2) is 8.33. The van der Waals surface area contributed by atoms with Gasteiger partial charge in [0.1, 0.15) is 5.82 Å². The van der Waals surface area contributed by atoms with Crippen LogP contribution >= 0.6 is 11.8 Å². The third-order valence-electron chi connectivity index (χ3n) is 2.99. The average molecular weight is 333 g/mol. The highest BCUT2D eigenvalue weighted by Crippen LogP contribution is 2.14. The SMILES string of the molecule is CCCc1nc(SCC(=O)Nc2ccc(C(=O)NC)cc2)n[nH]1. The Labute approximate surface area is 138 Å². The predicted octanol–water partition coefficient (Wildman–Crippen LogP) is 1.85. The second-order valence-corrected chi connectivity index (χ2v) is 5.75. The fourth-order valence-electron chi connectivity index (χ4n) is 1.87. The molecule has 0 bridgehead atoms. The maximum Gasteiger partial charge on any atom is 0.251 e. The Morgan fingerprint density at radius 2 is 2.00 bits per heavy atom. The van der Waals surface area contributed by atoms with Crippen molar-refractivity contribution in [1.82, 2.24) is 20.5 Å². The van der Waals surface area contributed by atoms with Gasteiger partial charge in [0.2, 0.25) is 11.1 Å². The summed E-state index contributed by atoms with van der Waals surface area (Å²) in [6.45, 7) is 2.07. The van der Waals surface area contributed by atoms with Gasteiger partial charge in [-0.05, 0) is 30.7 Å². The fourth-order valence-corrected chi connectivity index (χ4v) is 2.48. The summed E-state index contributed by atoms with van der Waals surface area (Å²) in [7, 11) is 1.57. The number of amides is 2. The molecule has 0 saturated carbocycles. The topological polar surface area (TPSA) is 99.8 Å². The number of aromatic nitrogens is 3. The van der Waals surface area contributed by atoms with Crippen molar-refractivity contribution in [3.63, 3.8) is 0 Å². The summed E-state index contributed by atoms with van der Waals surface area (Å²) in [5, 5.41) is 12.8. The number of carbonyl (C=O) groups excluding carboxylic acids is 2. The lowest BCUT2D eigenvalue weighted by molar-refractivity contribution is -0.113. The summed E-state index contributed by atoms with van der Waals surface area (Å²) >= 11 is 1.28. The van der Waals surface area contributed by atoms with Gasteiger partial charge >= 0.3 is 0 Å². The summed E-state index contributed by atoms with van der Waals surface area (Å²) < 4.78 is 0. The van der Waals surface area contributed by atoms with Gasteiger partial charge in [-0.3, -0.25) is 14.7 Å². The van der Waals surface area contributed by atoms with E-state index in [0.29, 0.717) is 16.4 Å². The number of aryl methyl sites for hydroxylation is 1. The van der Waals surface area contributed by atoms with Gasteiger partial charge in [-0.25, -0.2) is 4.98 Å². The van der Waals surface area contributed by atoms with E-state index in [2.05, 4.69) is 32.7 Å². The molecule has 3 N–H and O–H groups in total. The van der Waals surface area contributed by atoms with Crippen molar-refractivity contribution in [1.29, 1.82) is 0 Å². The number of nitrogens with zero attached hydrogens (tertiary/aromatic N) is 2. The van der Waals surface area contributed by atoms with Crippen molar-refractivity contribution in [2.75, 3.05) is 18.1 Å². The fraction of sp³-hybridized carbons (Fsp3) is 0.333. The number of H-pyrrole nitrogens is 1. The van der Waals surface area contributed by atoms with E-state index in [1.165, 1.54) is 11.8 Å². The van der Waals surface area contributed by atoms with Crippen LogP contribution in [0.4, 0.5) is 5.69 Å². The lowest BCUT2D eigenvalue weighted by atomic mass is 10.2. The number of thioether (sulfide) groups is 1. The normalized spacial score (nSPS) is 10.3. The van der Waals surface area contributed by atoms with Crippen LogP contribution in [-0.4, -0.2) is 39.8 Å². The molecule has 0 aliphatic rings. The number of hydrogen-bond acceptors (Lipinski definition) is 5. The molecule has 0 spiro atoms. The van der Waals surface area contributed by atoms with Gasteiger partial charge in [0.15, 0.2) is 0 Å². The summed E-state index contributed by atoms with van der Waals surface area (Å²) in [4.78, 5) is 27.6. The van der Waals surface area contributed by atoms with E-state index in [1.807, 2.05) is 0 Å². The number of rotatable bonds is 7. The predicted molar refractivity (Wildman–Crippen MR) is 89.6 cm³/mol. The highest BCUT2D eigenvalue weighted by molar-refractivity contribution is 7.99. The molecule has 0 aliphatic carbocycles. The standard InChI is InChI=1S/C15H19N5O2S/c1-3-4-12-18-15(20-19-12)23-9-13(21)17-11-7-5-10(6-8-11)14(22)16-2/h5-8H,3-4,9H2,1-2H3,(H,16,22)(H,17,21)(H,18,19,20). The molecule has 0 aliphatic heterocycles. The Kier molecular flexibility index (Phi) is 6.16. The van der Waals surface area contributed by atoms with Gasteiger partial charge in [0.05, 0.1) is 5.75 Å². The van der Waals surface area contributed by atoms with Gasteiger partial charge < -0.3 is 10.6 Å². The largest absolute Gasteiger partial charge is 0.355 e. The van der Waals surface area contributed by atoms with Crippen LogP contribution in [0.25, 0.3) is 0 Å². The van der Waals surface area contributed by atoms with E-state index in [4.69, 9.17) is 0 Å².